The predicted molar refractivity (Wildman–Crippen MR) is 111 cm³/mol. The first-order valence-corrected chi connectivity index (χ1v) is 9.94. The summed E-state index contributed by atoms with van der Waals surface area (Å²) in [4.78, 5) is 0. The van der Waals surface area contributed by atoms with Gasteiger partial charge in [-0.05, 0) is 82.0 Å². The van der Waals surface area contributed by atoms with Crippen LogP contribution in [-0.2, 0) is 0 Å². The van der Waals surface area contributed by atoms with Crippen molar-refractivity contribution in [3.05, 3.63) is 59.7 Å². The topological polar surface area (TPSA) is 29.5 Å². The van der Waals surface area contributed by atoms with Gasteiger partial charge in [-0.15, -0.1) is 0 Å². The third-order valence-corrected chi connectivity index (χ3v) is 6.90. The molecule has 1 N–H and O–H groups in total. The minimum Gasteiger partial charge on any atom is -0.507 e. The summed E-state index contributed by atoms with van der Waals surface area (Å²) in [5.41, 5.74) is 5.65. The van der Waals surface area contributed by atoms with Gasteiger partial charge in [0.1, 0.15) is 11.5 Å². The first kappa shape index (κ1) is 16.7. The van der Waals surface area contributed by atoms with Gasteiger partial charge in [-0.1, -0.05) is 44.5 Å². The highest BCUT2D eigenvalue weighted by atomic mass is 16.5. The molecule has 0 spiro atoms. The first-order valence-electron chi connectivity index (χ1n) is 9.94. The molecule has 1 saturated carbocycles. The molecule has 0 radical (unpaired) electrons. The second kappa shape index (κ2) is 5.76. The van der Waals surface area contributed by atoms with Gasteiger partial charge in [0.15, 0.2) is 0 Å². The van der Waals surface area contributed by atoms with Gasteiger partial charge in [-0.25, -0.2) is 0 Å². The molecule has 0 aliphatic heterocycles. The van der Waals surface area contributed by atoms with Crippen LogP contribution in [-0.4, -0.2) is 12.2 Å². The normalized spacial score (nSPS) is 22.6. The second-order valence-corrected chi connectivity index (χ2v) is 8.82. The van der Waals surface area contributed by atoms with Gasteiger partial charge < -0.3 is 9.84 Å². The lowest BCUT2D eigenvalue weighted by Crippen LogP contribution is -2.34. The molecule has 2 aliphatic rings. The number of benzene rings is 3. The molecule has 3 aromatic carbocycles. The van der Waals surface area contributed by atoms with E-state index >= 15 is 0 Å². The molecule has 27 heavy (non-hydrogen) atoms. The number of methoxy groups -OCH3 is 1. The Morgan fingerprint density at radius 2 is 1.81 bits per heavy atom. The van der Waals surface area contributed by atoms with Crippen LogP contribution in [0.25, 0.3) is 21.9 Å². The molecule has 2 unspecified atom stereocenters. The van der Waals surface area contributed by atoms with Crippen molar-refractivity contribution in [1.82, 2.24) is 0 Å². The maximum atomic E-state index is 10.9. The lowest BCUT2D eigenvalue weighted by molar-refractivity contribution is 0.173. The van der Waals surface area contributed by atoms with Crippen LogP contribution in [0.5, 0.6) is 11.5 Å². The Morgan fingerprint density at radius 1 is 1.00 bits per heavy atom. The molecule has 2 atom stereocenters. The van der Waals surface area contributed by atoms with E-state index in [-0.39, 0.29) is 5.41 Å². The van der Waals surface area contributed by atoms with Crippen molar-refractivity contribution >= 4 is 10.8 Å². The molecule has 0 bridgehead atoms. The third-order valence-electron chi connectivity index (χ3n) is 6.90. The Morgan fingerprint density at radius 3 is 2.63 bits per heavy atom. The summed E-state index contributed by atoms with van der Waals surface area (Å²) in [7, 11) is 1.67. The van der Waals surface area contributed by atoms with Gasteiger partial charge in [0.05, 0.1) is 7.11 Å². The number of aromatic hydroxyl groups is 1. The maximum Gasteiger partial charge on any atom is 0.123 e. The fraction of sp³-hybridized carbons (Fsp3) is 0.360. The minimum absolute atomic E-state index is 0.220. The van der Waals surface area contributed by atoms with Gasteiger partial charge in [-0.3, -0.25) is 0 Å². The number of phenolic OH excluding ortho intramolecular Hbond substituents is 1. The zero-order valence-electron chi connectivity index (χ0n) is 16.3. The summed E-state index contributed by atoms with van der Waals surface area (Å²) >= 11 is 0. The van der Waals surface area contributed by atoms with Gasteiger partial charge >= 0.3 is 0 Å². The van der Waals surface area contributed by atoms with Gasteiger partial charge in [-0.2, -0.15) is 0 Å². The third kappa shape index (κ3) is 2.32. The summed E-state index contributed by atoms with van der Waals surface area (Å²) in [5.74, 6) is 2.11. The fourth-order valence-corrected chi connectivity index (χ4v) is 5.74. The van der Waals surface area contributed by atoms with Crippen molar-refractivity contribution in [2.45, 2.75) is 44.9 Å². The SMILES string of the molecule is COc1ccc2c3c(cc(O)c2c1)C1C(CCCC1(C)C)c1ccccc1-3. The van der Waals surface area contributed by atoms with Crippen LogP contribution >= 0.6 is 0 Å². The number of rotatable bonds is 1. The molecule has 0 saturated heterocycles. The summed E-state index contributed by atoms with van der Waals surface area (Å²) in [6, 6.07) is 17.0. The Balaban J connectivity index is 1.89. The van der Waals surface area contributed by atoms with Crippen LogP contribution in [0.2, 0.25) is 0 Å². The highest BCUT2D eigenvalue weighted by molar-refractivity contribution is 6.03. The van der Waals surface area contributed by atoms with Crippen molar-refractivity contribution in [2.24, 2.45) is 5.41 Å². The van der Waals surface area contributed by atoms with Crippen molar-refractivity contribution in [2.75, 3.05) is 7.11 Å². The first-order chi connectivity index (χ1) is 13.0. The molecule has 5 rings (SSSR count). The molecule has 1 fully saturated rings. The summed E-state index contributed by atoms with van der Waals surface area (Å²) in [5, 5.41) is 12.9. The number of fused-ring (bicyclic) bond motifs is 8. The van der Waals surface area contributed by atoms with E-state index < -0.39 is 0 Å². The summed E-state index contributed by atoms with van der Waals surface area (Å²) in [6.07, 6.45) is 3.73. The van der Waals surface area contributed by atoms with E-state index in [1.807, 2.05) is 18.2 Å². The lowest BCUT2D eigenvalue weighted by atomic mass is 9.55. The Bertz CT molecular complexity index is 1050. The van der Waals surface area contributed by atoms with E-state index in [1.54, 1.807) is 7.11 Å². The van der Waals surface area contributed by atoms with E-state index in [0.717, 1.165) is 16.5 Å². The van der Waals surface area contributed by atoms with Gasteiger partial charge in [0.2, 0.25) is 0 Å². The van der Waals surface area contributed by atoms with E-state index in [4.69, 9.17) is 4.74 Å². The highest BCUT2D eigenvalue weighted by Crippen LogP contribution is 2.61. The van der Waals surface area contributed by atoms with Crippen LogP contribution in [0.3, 0.4) is 0 Å². The largest absolute Gasteiger partial charge is 0.507 e. The van der Waals surface area contributed by atoms with E-state index in [2.05, 4.69) is 44.2 Å². The van der Waals surface area contributed by atoms with Crippen LogP contribution < -0.4 is 4.74 Å². The van der Waals surface area contributed by atoms with E-state index in [9.17, 15) is 5.11 Å². The van der Waals surface area contributed by atoms with Crippen LogP contribution in [0, 0.1) is 5.41 Å². The minimum atomic E-state index is 0.220. The standard InChI is InChI=1S/C25H26O2/c1-25(2)12-6-9-19-16-7-4-5-8-17(16)23-18-11-10-15(27-3)13-20(18)22(26)14-21(23)24(19)25/h4-5,7-8,10-11,13-14,19,24,26H,6,9,12H2,1-3H3. The number of ether oxygens (including phenoxy) is 1. The predicted octanol–water partition coefficient (Wildman–Crippen LogP) is 6.61. The molecule has 2 aliphatic carbocycles. The second-order valence-electron chi connectivity index (χ2n) is 8.82. The van der Waals surface area contributed by atoms with Crippen molar-refractivity contribution in [3.8, 4) is 22.6 Å². The quantitative estimate of drug-likeness (QED) is 0.530. The molecular weight excluding hydrogens is 332 g/mol. The Hall–Kier alpha value is -2.48. The fourth-order valence-electron chi connectivity index (χ4n) is 5.74. The summed E-state index contributed by atoms with van der Waals surface area (Å²) in [6.45, 7) is 4.80. The monoisotopic (exact) mass is 358 g/mol. The van der Waals surface area contributed by atoms with Crippen LogP contribution in [0.4, 0.5) is 0 Å². The Kier molecular flexibility index (Phi) is 3.56. The lowest BCUT2D eigenvalue weighted by Gasteiger charge is -2.48. The molecule has 2 nitrogen and oxygen atoms in total. The smallest absolute Gasteiger partial charge is 0.123 e. The number of hydrogen-bond acceptors (Lipinski definition) is 2. The van der Waals surface area contributed by atoms with Crippen molar-refractivity contribution in [3.63, 3.8) is 0 Å². The molecule has 138 valence electrons. The zero-order chi connectivity index (χ0) is 18.8. The Labute approximate surface area is 160 Å². The van der Waals surface area contributed by atoms with Gasteiger partial charge in [0.25, 0.3) is 0 Å². The highest BCUT2D eigenvalue weighted by Gasteiger charge is 2.45. The molecule has 3 aromatic rings. The molecule has 0 aromatic heterocycles. The number of hydrogen-bond donors (Lipinski definition) is 1. The molecule has 0 heterocycles. The average molecular weight is 358 g/mol. The van der Waals surface area contributed by atoms with E-state index in [0.29, 0.717) is 17.6 Å². The van der Waals surface area contributed by atoms with E-state index in [1.165, 1.54) is 41.5 Å². The molecule has 2 heteroatoms. The average Bonchev–Trinajstić information content (AvgIpc) is 2.67. The maximum absolute atomic E-state index is 10.9. The molecule has 0 amide bonds. The molecular formula is C25H26O2. The van der Waals surface area contributed by atoms with Gasteiger partial charge in [0, 0.05) is 5.39 Å². The zero-order valence-corrected chi connectivity index (χ0v) is 16.3. The summed E-state index contributed by atoms with van der Waals surface area (Å²) < 4.78 is 5.40. The number of phenols is 1. The van der Waals surface area contributed by atoms with Crippen molar-refractivity contribution in [1.29, 1.82) is 0 Å². The van der Waals surface area contributed by atoms with Crippen molar-refractivity contribution < 1.29 is 9.84 Å². The van der Waals surface area contributed by atoms with Crippen LogP contribution in [0.15, 0.2) is 48.5 Å². The van der Waals surface area contributed by atoms with Crippen LogP contribution in [0.1, 0.15) is 56.1 Å².